The molecule has 12 heavy (non-hydrogen) atoms. The third-order valence-corrected chi connectivity index (χ3v) is 1.81. The first kappa shape index (κ1) is 9.51. The Morgan fingerprint density at radius 2 is 1.83 bits per heavy atom. The predicted molar refractivity (Wildman–Crippen MR) is 37.9 cm³/mol. The number of hydrogen-bond acceptors (Lipinski definition) is 0. The van der Waals surface area contributed by atoms with Crippen LogP contribution in [-0.4, -0.2) is 0 Å². The van der Waals surface area contributed by atoms with E-state index in [0.29, 0.717) is 6.07 Å². The molecule has 0 N–H and O–H groups in total. The van der Waals surface area contributed by atoms with Crippen LogP contribution in [0.25, 0.3) is 0 Å². The summed E-state index contributed by atoms with van der Waals surface area (Å²) in [5.41, 5.74) is -1.29. The zero-order valence-corrected chi connectivity index (χ0v) is 7.13. The quantitative estimate of drug-likeness (QED) is 0.611. The minimum atomic E-state index is -4.67. The minimum absolute atomic E-state index is 0.338. The van der Waals surface area contributed by atoms with Crippen molar-refractivity contribution in [2.24, 2.45) is 0 Å². The van der Waals surface area contributed by atoms with Crippen molar-refractivity contribution in [3.05, 3.63) is 34.1 Å². The summed E-state index contributed by atoms with van der Waals surface area (Å²) in [6.07, 6.45) is -4.67. The van der Waals surface area contributed by atoms with Gasteiger partial charge in [-0.3, -0.25) is 0 Å². The second-order valence-electron chi connectivity index (χ2n) is 2.02. The Balaban J connectivity index is 3.31. The molecule has 0 aliphatic heterocycles. The molecule has 1 aromatic rings. The van der Waals surface area contributed by atoms with Crippen molar-refractivity contribution in [1.29, 1.82) is 0 Å². The molecule has 1 radical (unpaired) electrons. The van der Waals surface area contributed by atoms with Gasteiger partial charge in [0, 0.05) is 4.47 Å². The van der Waals surface area contributed by atoms with E-state index in [-0.39, 0.29) is 4.47 Å². The van der Waals surface area contributed by atoms with Crippen LogP contribution in [0.1, 0.15) is 5.56 Å². The molecule has 0 fully saturated rings. The van der Waals surface area contributed by atoms with Gasteiger partial charge in [-0.15, -0.1) is 0 Å². The smallest absolute Gasteiger partial charge is 0.206 e. The van der Waals surface area contributed by atoms with Gasteiger partial charge in [0.05, 0.1) is 0 Å². The number of rotatable bonds is 0. The van der Waals surface area contributed by atoms with E-state index in [4.69, 9.17) is 0 Å². The van der Waals surface area contributed by atoms with Crippen molar-refractivity contribution in [3.8, 4) is 0 Å². The third kappa shape index (κ3) is 1.77. The first-order chi connectivity index (χ1) is 5.43. The largest absolute Gasteiger partial charge is 0.420 e. The zero-order valence-electron chi connectivity index (χ0n) is 5.54. The van der Waals surface area contributed by atoms with Gasteiger partial charge in [0.2, 0.25) is 0 Å². The molecule has 65 valence electrons. The number of benzene rings is 1. The first-order valence-electron chi connectivity index (χ1n) is 2.85. The lowest BCUT2D eigenvalue weighted by Crippen LogP contribution is -2.08. The summed E-state index contributed by atoms with van der Waals surface area (Å²) >= 11 is 2.59. The zero-order chi connectivity index (χ0) is 9.35. The lowest BCUT2D eigenvalue weighted by atomic mass is 10.2. The van der Waals surface area contributed by atoms with Crippen molar-refractivity contribution < 1.29 is 17.6 Å². The van der Waals surface area contributed by atoms with Crippen LogP contribution in [0.3, 0.4) is 0 Å². The first-order valence-corrected chi connectivity index (χ1v) is 3.64. The summed E-state index contributed by atoms with van der Waals surface area (Å²) in [6, 6.07) is 3.89. The van der Waals surface area contributed by atoms with Gasteiger partial charge in [-0.25, -0.2) is 4.39 Å². The van der Waals surface area contributed by atoms with Crippen LogP contribution in [0.2, 0.25) is 0 Å². The van der Waals surface area contributed by atoms with E-state index in [1.54, 1.807) is 0 Å². The van der Waals surface area contributed by atoms with Crippen molar-refractivity contribution in [2.75, 3.05) is 0 Å². The second-order valence-corrected chi connectivity index (χ2v) is 2.88. The van der Waals surface area contributed by atoms with Crippen molar-refractivity contribution >= 4 is 15.9 Å². The Labute approximate surface area is 74.3 Å². The van der Waals surface area contributed by atoms with Gasteiger partial charge >= 0.3 is 6.18 Å². The van der Waals surface area contributed by atoms with Crippen molar-refractivity contribution in [3.63, 3.8) is 0 Å². The summed E-state index contributed by atoms with van der Waals surface area (Å²) in [6.45, 7) is 0. The standard InChI is InChI=1S/C7H2BrF4/c8-4-2-1-3-5(9)6(4)7(10,11)12/h2-3H. The van der Waals surface area contributed by atoms with E-state index in [0.717, 1.165) is 6.07 Å². The second kappa shape index (κ2) is 3.05. The molecule has 0 heterocycles. The van der Waals surface area contributed by atoms with Crippen LogP contribution in [0.4, 0.5) is 17.6 Å². The maximum absolute atomic E-state index is 12.6. The normalized spacial score (nSPS) is 11.8. The molecule has 0 nitrogen and oxygen atoms in total. The highest BCUT2D eigenvalue weighted by Crippen LogP contribution is 2.36. The molecule has 0 aliphatic rings. The van der Waals surface area contributed by atoms with E-state index in [1.807, 2.05) is 0 Å². The SMILES string of the molecule is Fc1c[c]cc(Br)c1C(F)(F)F. The molecule has 1 rings (SSSR count). The molecule has 0 saturated heterocycles. The highest BCUT2D eigenvalue weighted by atomic mass is 79.9. The van der Waals surface area contributed by atoms with Gasteiger partial charge in [-0.05, 0) is 18.2 Å². The summed E-state index contributed by atoms with van der Waals surface area (Å²) in [5.74, 6) is -1.32. The summed E-state index contributed by atoms with van der Waals surface area (Å²) < 4.78 is 48.3. The van der Waals surface area contributed by atoms with E-state index < -0.39 is 17.6 Å². The number of alkyl halides is 3. The molecule has 5 heteroatoms. The Morgan fingerprint density at radius 1 is 1.25 bits per heavy atom. The molecular formula is C7H2BrF4. The number of halogens is 5. The summed E-state index contributed by atoms with van der Waals surface area (Å²) in [7, 11) is 0. The molecule has 0 spiro atoms. The highest BCUT2D eigenvalue weighted by Gasteiger charge is 2.36. The van der Waals surface area contributed by atoms with Crippen LogP contribution in [0.5, 0.6) is 0 Å². The number of hydrogen-bond donors (Lipinski definition) is 0. The monoisotopic (exact) mass is 241 g/mol. The van der Waals surface area contributed by atoms with Crippen molar-refractivity contribution in [2.45, 2.75) is 6.18 Å². The molecule has 0 atom stereocenters. The fourth-order valence-electron chi connectivity index (χ4n) is 0.717. The van der Waals surface area contributed by atoms with E-state index in [1.165, 1.54) is 0 Å². The van der Waals surface area contributed by atoms with Crippen LogP contribution < -0.4 is 0 Å². The van der Waals surface area contributed by atoms with Crippen molar-refractivity contribution in [1.82, 2.24) is 0 Å². The topological polar surface area (TPSA) is 0 Å². The van der Waals surface area contributed by atoms with Crippen LogP contribution in [-0.2, 0) is 6.18 Å². The lowest BCUT2D eigenvalue weighted by molar-refractivity contribution is -0.140. The molecule has 0 amide bonds. The molecule has 0 aliphatic carbocycles. The van der Waals surface area contributed by atoms with Gasteiger partial charge in [0.25, 0.3) is 0 Å². The highest BCUT2D eigenvalue weighted by molar-refractivity contribution is 9.10. The molecular weight excluding hydrogens is 240 g/mol. The molecule has 0 saturated carbocycles. The minimum Gasteiger partial charge on any atom is -0.206 e. The average Bonchev–Trinajstić information content (AvgIpc) is 1.82. The Hall–Kier alpha value is -0.580. The van der Waals surface area contributed by atoms with Gasteiger partial charge in [0.1, 0.15) is 11.4 Å². The fourth-order valence-corrected chi connectivity index (χ4v) is 1.26. The summed E-state index contributed by atoms with van der Waals surface area (Å²) in [5, 5.41) is 0. The molecule has 0 aromatic heterocycles. The van der Waals surface area contributed by atoms with Crippen LogP contribution in [0.15, 0.2) is 16.6 Å². The molecule has 0 unspecified atom stereocenters. The van der Waals surface area contributed by atoms with E-state index in [9.17, 15) is 17.6 Å². The van der Waals surface area contributed by atoms with Gasteiger partial charge in [0.15, 0.2) is 0 Å². The average molecular weight is 242 g/mol. The fraction of sp³-hybridized carbons (Fsp3) is 0.143. The third-order valence-electron chi connectivity index (χ3n) is 1.18. The predicted octanol–water partition coefficient (Wildman–Crippen LogP) is 3.41. The lowest BCUT2D eigenvalue weighted by Gasteiger charge is -2.08. The molecule has 1 aromatic carbocycles. The van der Waals surface area contributed by atoms with E-state index >= 15 is 0 Å². The van der Waals surface area contributed by atoms with E-state index in [2.05, 4.69) is 22.0 Å². The van der Waals surface area contributed by atoms with Gasteiger partial charge in [-0.2, -0.15) is 13.2 Å². The van der Waals surface area contributed by atoms with Crippen LogP contribution in [0, 0.1) is 11.9 Å². The maximum Gasteiger partial charge on any atom is 0.420 e. The summed E-state index contributed by atoms with van der Waals surface area (Å²) in [4.78, 5) is 0. The Kier molecular flexibility index (Phi) is 2.41. The maximum atomic E-state index is 12.6. The van der Waals surface area contributed by atoms with Gasteiger partial charge < -0.3 is 0 Å². The Bertz CT molecular complexity index is 272. The van der Waals surface area contributed by atoms with Gasteiger partial charge in [-0.1, -0.05) is 15.9 Å². The molecule has 0 bridgehead atoms. The van der Waals surface area contributed by atoms with Crippen LogP contribution >= 0.6 is 15.9 Å². The Morgan fingerprint density at radius 3 is 2.17 bits per heavy atom.